The van der Waals surface area contributed by atoms with Gasteiger partial charge in [-0.25, -0.2) is 4.98 Å². The minimum absolute atomic E-state index is 0.539. The van der Waals surface area contributed by atoms with Crippen LogP contribution in [0.4, 0.5) is 11.9 Å². The third-order valence-electron chi connectivity index (χ3n) is 3.49. The van der Waals surface area contributed by atoms with Crippen molar-refractivity contribution in [2.75, 3.05) is 43.9 Å². The normalized spacial score (nSPS) is 15.3. The summed E-state index contributed by atoms with van der Waals surface area (Å²) in [6.07, 6.45) is 7.79. The molecule has 1 saturated heterocycles. The second-order valence-corrected chi connectivity index (χ2v) is 4.98. The zero-order chi connectivity index (χ0) is 14.5. The van der Waals surface area contributed by atoms with Crippen LogP contribution in [0.5, 0.6) is 0 Å². The molecule has 21 heavy (non-hydrogen) atoms. The van der Waals surface area contributed by atoms with Crippen LogP contribution in [0, 0.1) is 0 Å². The largest absolute Gasteiger partial charge is 0.357 e. The number of hydrogen-bond donors (Lipinski definition) is 2. The number of imidazole rings is 1. The summed E-state index contributed by atoms with van der Waals surface area (Å²) >= 11 is 0. The Labute approximate surface area is 123 Å². The standard InChI is InChI=1S/C13H20N8/c1-14-11-17-12(16-5-8-20-6-2-3-7-20)19-13(18-11)21-9-4-15-10-21/h4,9-10H,2-3,5-8H2,1H3,(H2,14,16,17,18,19). The van der Waals surface area contributed by atoms with Crippen molar-refractivity contribution in [1.29, 1.82) is 0 Å². The van der Waals surface area contributed by atoms with Crippen molar-refractivity contribution in [3.05, 3.63) is 18.7 Å². The lowest BCUT2D eigenvalue weighted by atomic mass is 10.4. The van der Waals surface area contributed by atoms with Gasteiger partial charge < -0.3 is 15.5 Å². The van der Waals surface area contributed by atoms with Gasteiger partial charge in [-0.05, 0) is 25.9 Å². The average Bonchev–Trinajstić information content (AvgIpc) is 3.20. The molecule has 0 radical (unpaired) electrons. The maximum atomic E-state index is 4.42. The van der Waals surface area contributed by atoms with Crippen molar-refractivity contribution < 1.29 is 0 Å². The summed E-state index contributed by atoms with van der Waals surface area (Å²) in [5, 5.41) is 6.23. The van der Waals surface area contributed by atoms with Crippen LogP contribution < -0.4 is 10.6 Å². The molecule has 2 aromatic rings. The van der Waals surface area contributed by atoms with Gasteiger partial charge in [0.1, 0.15) is 6.33 Å². The predicted molar refractivity (Wildman–Crippen MR) is 80.7 cm³/mol. The van der Waals surface area contributed by atoms with E-state index in [9.17, 15) is 0 Å². The van der Waals surface area contributed by atoms with Crippen molar-refractivity contribution in [1.82, 2.24) is 29.4 Å². The van der Waals surface area contributed by atoms with E-state index in [0.717, 1.165) is 13.1 Å². The average molecular weight is 288 g/mol. The summed E-state index contributed by atoms with van der Waals surface area (Å²) in [7, 11) is 1.79. The molecule has 0 aliphatic carbocycles. The third kappa shape index (κ3) is 3.46. The van der Waals surface area contributed by atoms with Crippen LogP contribution >= 0.6 is 0 Å². The molecule has 0 spiro atoms. The van der Waals surface area contributed by atoms with Crippen molar-refractivity contribution in [2.24, 2.45) is 0 Å². The van der Waals surface area contributed by atoms with Crippen molar-refractivity contribution >= 4 is 11.9 Å². The minimum atomic E-state index is 0.539. The Hall–Kier alpha value is -2.22. The molecule has 1 aliphatic rings. The molecular weight excluding hydrogens is 268 g/mol. The number of likely N-dealkylation sites (tertiary alicyclic amines) is 1. The van der Waals surface area contributed by atoms with E-state index >= 15 is 0 Å². The van der Waals surface area contributed by atoms with Crippen LogP contribution in [-0.4, -0.2) is 62.6 Å². The molecule has 0 bridgehead atoms. The highest BCUT2D eigenvalue weighted by Gasteiger charge is 2.11. The summed E-state index contributed by atoms with van der Waals surface area (Å²) in [6.45, 7) is 4.24. The number of anilines is 2. The maximum absolute atomic E-state index is 4.42. The zero-order valence-corrected chi connectivity index (χ0v) is 12.2. The van der Waals surface area contributed by atoms with Gasteiger partial charge >= 0.3 is 0 Å². The second kappa shape index (κ2) is 6.49. The molecule has 1 aliphatic heterocycles. The van der Waals surface area contributed by atoms with Crippen LogP contribution in [0.3, 0.4) is 0 Å². The smallest absolute Gasteiger partial charge is 0.241 e. The second-order valence-electron chi connectivity index (χ2n) is 4.98. The van der Waals surface area contributed by atoms with E-state index in [2.05, 4.69) is 35.5 Å². The van der Waals surface area contributed by atoms with Gasteiger partial charge in [0.15, 0.2) is 0 Å². The summed E-state index contributed by atoms with van der Waals surface area (Å²) in [5.74, 6) is 1.67. The van der Waals surface area contributed by atoms with Gasteiger partial charge in [-0.3, -0.25) is 4.57 Å². The molecule has 0 aromatic carbocycles. The summed E-state index contributed by atoms with van der Waals surface area (Å²) < 4.78 is 1.76. The lowest BCUT2D eigenvalue weighted by Crippen LogP contribution is -2.26. The first-order valence-electron chi connectivity index (χ1n) is 7.23. The van der Waals surface area contributed by atoms with Gasteiger partial charge in [0.2, 0.25) is 17.8 Å². The molecule has 8 nitrogen and oxygen atoms in total. The van der Waals surface area contributed by atoms with Gasteiger partial charge in [-0.15, -0.1) is 0 Å². The molecule has 112 valence electrons. The van der Waals surface area contributed by atoms with E-state index in [1.165, 1.54) is 25.9 Å². The Bertz CT molecular complexity index is 562. The van der Waals surface area contributed by atoms with Crippen LogP contribution in [0.25, 0.3) is 5.95 Å². The molecule has 3 rings (SSSR count). The monoisotopic (exact) mass is 288 g/mol. The van der Waals surface area contributed by atoms with Crippen LogP contribution in [0.15, 0.2) is 18.7 Å². The fourth-order valence-electron chi connectivity index (χ4n) is 2.38. The molecule has 8 heteroatoms. The van der Waals surface area contributed by atoms with Crippen LogP contribution in [0.2, 0.25) is 0 Å². The van der Waals surface area contributed by atoms with Gasteiger partial charge in [-0.1, -0.05) is 0 Å². The van der Waals surface area contributed by atoms with Gasteiger partial charge in [0, 0.05) is 32.5 Å². The fraction of sp³-hybridized carbons (Fsp3) is 0.538. The lowest BCUT2D eigenvalue weighted by Gasteiger charge is -2.15. The Balaban J connectivity index is 1.67. The van der Waals surface area contributed by atoms with E-state index < -0.39 is 0 Å². The first-order valence-corrected chi connectivity index (χ1v) is 7.23. The molecule has 2 aromatic heterocycles. The van der Waals surface area contributed by atoms with E-state index in [1.54, 1.807) is 24.1 Å². The van der Waals surface area contributed by atoms with Gasteiger partial charge in [0.25, 0.3) is 0 Å². The molecule has 0 atom stereocenters. The summed E-state index contributed by atoms with van der Waals surface area (Å²) in [6, 6.07) is 0. The lowest BCUT2D eigenvalue weighted by molar-refractivity contribution is 0.352. The number of aromatic nitrogens is 5. The molecular formula is C13H20N8. The van der Waals surface area contributed by atoms with E-state index in [-0.39, 0.29) is 0 Å². The number of hydrogen-bond acceptors (Lipinski definition) is 7. The summed E-state index contributed by atoms with van der Waals surface area (Å²) in [4.78, 5) is 19.5. The van der Waals surface area contributed by atoms with Gasteiger partial charge in [0.05, 0.1) is 0 Å². The molecule has 0 unspecified atom stereocenters. The van der Waals surface area contributed by atoms with E-state index in [1.807, 2.05) is 6.20 Å². The van der Waals surface area contributed by atoms with Crippen LogP contribution in [-0.2, 0) is 0 Å². The van der Waals surface area contributed by atoms with E-state index in [0.29, 0.717) is 17.8 Å². The molecule has 0 amide bonds. The van der Waals surface area contributed by atoms with Crippen molar-refractivity contribution in [3.63, 3.8) is 0 Å². The maximum Gasteiger partial charge on any atom is 0.241 e. The number of nitrogens with one attached hydrogen (secondary N) is 2. The van der Waals surface area contributed by atoms with Crippen molar-refractivity contribution in [3.8, 4) is 5.95 Å². The Morgan fingerprint density at radius 2 is 1.95 bits per heavy atom. The molecule has 0 saturated carbocycles. The van der Waals surface area contributed by atoms with Gasteiger partial charge in [-0.2, -0.15) is 15.0 Å². The van der Waals surface area contributed by atoms with Crippen LogP contribution in [0.1, 0.15) is 12.8 Å². The Morgan fingerprint density at radius 1 is 1.14 bits per heavy atom. The SMILES string of the molecule is CNc1nc(NCCN2CCCC2)nc(-n2ccnc2)n1. The quantitative estimate of drug-likeness (QED) is 0.805. The highest BCUT2D eigenvalue weighted by molar-refractivity contribution is 5.37. The minimum Gasteiger partial charge on any atom is -0.357 e. The Morgan fingerprint density at radius 3 is 2.67 bits per heavy atom. The number of rotatable bonds is 6. The van der Waals surface area contributed by atoms with E-state index in [4.69, 9.17) is 0 Å². The fourth-order valence-corrected chi connectivity index (χ4v) is 2.38. The summed E-state index contributed by atoms with van der Waals surface area (Å²) in [5.41, 5.74) is 0. The first-order chi connectivity index (χ1) is 10.3. The Kier molecular flexibility index (Phi) is 4.25. The zero-order valence-electron chi connectivity index (χ0n) is 12.2. The molecule has 2 N–H and O–H groups in total. The topological polar surface area (TPSA) is 83.8 Å². The highest BCUT2D eigenvalue weighted by atomic mass is 15.3. The molecule has 3 heterocycles. The number of nitrogens with zero attached hydrogens (tertiary/aromatic N) is 6. The first kappa shape index (κ1) is 13.7. The third-order valence-corrected chi connectivity index (χ3v) is 3.49. The highest BCUT2D eigenvalue weighted by Crippen LogP contribution is 2.09. The molecule has 1 fully saturated rings. The van der Waals surface area contributed by atoms with Crippen molar-refractivity contribution in [2.45, 2.75) is 12.8 Å². The predicted octanol–water partition coefficient (Wildman–Crippen LogP) is 0.607.